The maximum Gasteiger partial charge on any atom is 0.324 e. The lowest BCUT2D eigenvalue weighted by Gasteiger charge is -2.32. The number of ether oxygens (including phenoxy) is 1. The second kappa shape index (κ2) is 8.23. The summed E-state index contributed by atoms with van der Waals surface area (Å²) in [5.41, 5.74) is 0.993. The lowest BCUT2D eigenvalue weighted by molar-refractivity contribution is -0.150. The molecule has 154 valence electrons. The minimum absolute atomic E-state index is 0.0855. The predicted molar refractivity (Wildman–Crippen MR) is 111 cm³/mol. The number of imidazole rings is 1. The Bertz CT molecular complexity index is 1150. The maximum atomic E-state index is 12.9. The molecule has 1 aliphatic heterocycles. The number of hydrogen-bond acceptors (Lipinski definition) is 6. The fourth-order valence-corrected chi connectivity index (χ4v) is 6.63. The maximum absolute atomic E-state index is 12.9. The molecule has 1 atom stereocenters. The Kier molecular flexibility index (Phi) is 5.85. The van der Waals surface area contributed by atoms with Gasteiger partial charge in [0, 0.05) is 18.9 Å². The van der Waals surface area contributed by atoms with Crippen LogP contribution in [0.15, 0.2) is 40.2 Å². The van der Waals surface area contributed by atoms with Crippen LogP contribution in [0.3, 0.4) is 0 Å². The van der Waals surface area contributed by atoms with Crippen molar-refractivity contribution in [1.29, 1.82) is 0 Å². The van der Waals surface area contributed by atoms with Crippen molar-refractivity contribution in [3.8, 4) is 0 Å². The number of hydrogen-bond donors (Lipinski definition) is 0. The van der Waals surface area contributed by atoms with Gasteiger partial charge < -0.3 is 9.14 Å². The number of aromatic nitrogens is 2. The molecule has 7 nitrogen and oxygen atoms in total. The molecule has 3 aromatic heterocycles. The molecule has 1 aliphatic rings. The highest BCUT2D eigenvalue weighted by Gasteiger charge is 2.39. The molecule has 0 saturated carbocycles. The molecule has 4 heterocycles. The number of carbonyl (C=O) groups excluding carboxylic acids is 1. The van der Waals surface area contributed by atoms with Crippen molar-refractivity contribution >= 4 is 56.2 Å². The van der Waals surface area contributed by atoms with Gasteiger partial charge in [0.1, 0.15) is 16.9 Å². The van der Waals surface area contributed by atoms with Crippen LogP contribution in [0.1, 0.15) is 25.0 Å². The molecule has 0 amide bonds. The zero-order chi connectivity index (χ0) is 20.6. The monoisotopic (exact) mass is 473 g/mol. The smallest absolute Gasteiger partial charge is 0.324 e. The van der Waals surface area contributed by atoms with E-state index in [1.807, 2.05) is 0 Å². The zero-order valence-corrected chi connectivity index (χ0v) is 18.3. The Labute approximate surface area is 181 Å². The second-order valence-electron chi connectivity index (χ2n) is 6.64. The van der Waals surface area contributed by atoms with Crippen LogP contribution in [0.2, 0.25) is 10.0 Å². The van der Waals surface area contributed by atoms with Crippen molar-refractivity contribution < 1.29 is 17.9 Å². The van der Waals surface area contributed by atoms with Crippen LogP contribution in [0.25, 0.3) is 5.65 Å². The summed E-state index contributed by atoms with van der Waals surface area (Å²) in [6, 6.07) is 3.96. The molecule has 1 fully saturated rings. The largest absolute Gasteiger partial charge is 0.458 e. The fourth-order valence-electron chi connectivity index (χ4n) is 3.34. The minimum atomic E-state index is -3.73. The molecule has 29 heavy (non-hydrogen) atoms. The number of piperidine rings is 1. The molecule has 1 saturated heterocycles. The van der Waals surface area contributed by atoms with Crippen molar-refractivity contribution in [3.63, 3.8) is 0 Å². The normalized spacial score (nSPS) is 18.2. The summed E-state index contributed by atoms with van der Waals surface area (Å²) < 4.78 is 34.4. The van der Waals surface area contributed by atoms with E-state index in [9.17, 15) is 13.2 Å². The van der Waals surface area contributed by atoms with E-state index in [1.54, 1.807) is 40.4 Å². The number of carbonyl (C=O) groups is 1. The SMILES string of the molecule is O=C(OCc1cn2cc(Cl)cc(Cl)c2n1)[C@@H]1CCCCN1S(=O)(=O)c1cccs1. The van der Waals surface area contributed by atoms with Gasteiger partial charge in [-0.25, -0.2) is 13.4 Å². The molecular weight excluding hydrogens is 457 g/mol. The van der Waals surface area contributed by atoms with Crippen molar-refractivity contribution in [2.45, 2.75) is 36.1 Å². The first-order chi connectivity index (χ1) is 13.9. The lowest BCUT2D eigenvalue weighted by Crippen LogP contribution is -2.48. The standard InChI is InChI=1S/C18H17Cl2N3O4S2/c19-12-8-14(20)17-21-13(10-22(17)9-12)11-27-18(24)15-4-1-2-6-23(15)29(25,26)16-5-3-7-28-16/h3,5,7-10,15H,1-2,4,6,11H2/t15-/m0/s1. The molecular formula is C18H17Cl2N3O4S2. The molecule has 0 aliphatic carbocycles. The zero-order valence-electron chi connectivity index (χ0n) is 15.1. The first-order valence-corrected chi connectivity index (χ1v) is 12.0. The van der Waals surface area contributed by atoms with E-state index in [1.165, 1.54) is 4.31 Å². The molecule has 0 unspecified atom stereocenters. The summed E-state index contributed by atoms with van der Waals surface area (Å²) in [6.45, 7) is 0.209. The summed E-state index contributed by atoms with van der Waals surface area (Å²) in [6.07, 6.45) is 5.22. The topological polar surface area (TPSA) is 81.0 Å². The number of fused-ring (bicyclic) bond motifs is 1. The van der Waals surface area contributed by atoms with Crippen molar-refractivity contribution in [1.82, 2.24) is 13.7 Å². The van der Waals surface area contributed by atoms with Crippen LogP contribution in [0.4, 0.5) is 0 Å². The number of halogens is 2. The van der Waals surface area contributed by atoms with Crippen molar-refractivity contribution in [2.75, 3.05) is 6.54 Å². The van der Waals surface area contributed by atoms with Gasteiger partial charge in [0.25, 0.3) is 10.0 Å². The molecule has 0 N–H and O–H groups in total. The molecule has 4 rings (SSSR count). The van der Waals surface area contributed by atoms with Crippen LogP contribution in [0.5, 0.6) is 0 Å². The summed E-state index contributed by atoms with van der Waals surface area (Å²) in [4.78, 5) is 17.1. The van der Waals surface area contributed by atoms with Gasteiger partial charge in [-0.05, 0) is 36.8 Å². The second-order valence-corrected chi connectivity index (χ2v) is 10.5. The number of nitrogens with zero attached hydrogens (tertiary/aromatic N) is 3. The predicted octanol–water partition coefficient (Wildman–Crippen LogP) is 3.99. The Hall–Kier alpha value is -1.65. The lowest BCUT2D eigenvalue weighted by atomic mass is 10.1. The number of sulfonamides is 1. The molecule has 0 bridgehead atoms. The highest BCUT2D eigenvalue weighted by atomic mass is 35.5. The summed E-state index contributed by atoms with van der Waals surface area (Å²) in [7, 11) is -3.73. The number of esters is 1. The average molecular weight is 474 g/mol. The van der Waals surface area contributed by atoms with Gasteiger partial charge in [-0.3, -0.25) is 4.79 Å². The van der Waals surface area contributed by atoms with Crippen molar-refractivity contribution in [3.05, 3.63) is 51.7 Å². The van der Waals surface area contributed by atoms with Gasteiger partial charge in [-0.2, -0.15) is 4.31 Å². The average Bonchev–Trinajstić information content (AvgIpc) is 3.36. The molecule has 3 aromatic rings. The van der Waals surface area contributed by atoms with E-state index in [2.05, 4.69) is 4.98 Å². The first-order valence-electron chi connectivity index (χ1n) is 8.91. The minimum Gasteiger partial charge on any atom is -0.458 e. The molecule has 0 radical (unpaired) electrons. The van der Waals surface area contributed by atoms with Gasteiger partial charge in [0.15, 0.2) is 5.65 Å². The fraction of sp³-hybridized carbons (Fsp3) is 0.333. The van der Waals surface area contributed by atoms with Gasteiger partial charge in [0.2, 0.25) is 0 Å². The first kappa shape index (κ1) is 20.6. The summed E-state index contributed by atoms with van der Waals surface area (Å²) in [5.74, 6) is -0.578. The number of thiophene rings is 1. The van der Waals surface area contributed by atoms with Gasteiger partial charge in [-0.1, -0.05) is 29.3 Å². The van der Waals surface area contributed by atoms with E-state index in [0.717, 1.165) is 17.8 Å². The van der Waals surface area contributed by atoms with Crippen LogP contribution in [0, 0.1) is 0 Å². The number of rotatable bonds is 5. The third-order valence-electron chi connectivity index (χ3n) is 4.67. The molecule has 11 heteroatoms. The summed E-state index contributed by atoms with van der Waals surface area (Å²) >= 11 is 13.2. The quantitative estimate of drug-likeness (QED) is 0.523. The van der Waals surface area contributed by atoms with Crippen LogP contribution < -0.4 is 0 Å². The van der Waals surface area contributed by atoms with Crippen LogP contribution >= 0.6 is 34.5 Å². The van der Waals surface area contributed by atoms with E-state index in [4.69, 9.17) is 27.9 Å². The van der Waals surface area contributed by atoms with Crippen molar-refractivity contribution in [2.24, 2.45) is 0 Å². The third kappa shape index (κ3) is 4.15. The Morgan fingerprint density at radius 1 is 1.31 bits per heavy atom. The Morgan fingerprint density at radius 2 is 2.14 bits per heavy atom. The van der Waals surface area contributed by atoms with Gasteiger partial charge in [0.05, 0.1) is 15.7 Å². The van der Waals surface area contributed by atoms with Gasteiger partial charge in [-0.15, -0.1) is 11.3 Å². The molecule has 0 aromatic carbocycles. The Morgan fingerprint density at radius 3 is 2.90 bits per heavy atom. The van der Waals surface area contributed by atoms with Gasteiger partial charge >= 0.3 is 5.97 Å². The van der Waals surface area contributed by atoms with E-state index >= 15 is 0 Å². The van der Waals surface area contributed by atoms with E-state index in [0.29, 0.717) is 40.8 Å². The summed E-state index contributed by atoms with van der Waals surface area (Å²) in [5, 5.41) is 2.54. The van der Waals surface area contributed by atoms with E-state index in [-0.39, 0.29) is 10.8 Å². The highest BCUT2D eigenvalue weighted by molar-refractivity contribution is 7.91. The Balaban J connectivity index is 1.50. The molecule has 0 spiro atoms. The number of pyridine rings is 1. The highest BCUT2D eigenvalue weighted by Crippen LogP contribution is 2.29. The van der Waals surface area contributed by atoms with Crippen LogP contribution in [-0.2, 0) is 26.2 Å². The van der Waals surface area contributed by atoms with Crippen LogP contribution in [-0.4, -0.2) is 40.7 Å². The van der Waals surface area contributed by atoms with E-state index < -0.39 is 22.0 Å². The third-order valence-corrected chi connectivity index (χ3v) is 8.43.